The summed E-state index contributed by atoms with van der Waals surface area (Å²) in [6, 6.07) is 4.50. The van der Waals surface area contributed by atoms with Crippen molar-refractivity contribution in [3.8, 4) is 11.5 Å². The van der Waals surface area contributed by atoms with E-state index >= 15 is 0 Å². The summed E-state index contributed by atoms with van der Waals surface area (Å²) in [7, 11) is -0.0130. The third-order valence-electron chi connectivity index (χ3n) is 3.18. The van der Waals surface area contributed by atoms with Crippen LogP contribution in [0.4, 0.5) is 0 Å². The van der Waals surface area contributed by atoms with E-state index in [1.165, 1.54) is 14.2 Å². The molecular weight excluding hydrogens is 282 g/mol. The van der Waals surface area contributed by atoms with E-state index in [0.29, 0.717) is 23.5 Å². The van der Waals surface area contributed by atoms with Gasteiger partial charge in [-0.1, -0.05) is 0 Å². The Hall–Kier alpha value is -1.76. The van der Waals surface area contributed by atoms with E-state index in [9.17, 15) is 13.2 Å². The molecule has 1 amide bonds. The lowest BCUT2D eigenvalue weighted by atomic mass is 10.1. The highest BCUT2D eigenvalue weighted by Crippen LogP contribution is 2.23. The van der Waals surface area contributed by atoms with Gasteiger partial charge in [0.15, 0.2) is 9.84 Å². The highest BCUT2D eigenvalue weighted by molar-refractivity contribution is 7.91. The van der Waals surface area contributed by atoms with Crippen LogP contribution < -0.4 is 14.8 Å². The maximum atomic E-state index is 12.1. The van der Waals surface area contributed by atoms with Crippen LogP contribution in [0.15, 0.2) is 18.2 Å². The summed E-state index contributed by atoms with van der Waals surface area (Å²) in [4.78, 5) is 12.1. The minimum absolute atomic E-state index is 0.000155. The van der Waals surface area contributed by atoms with Crippen LogP contribution in [0.25, 0.3) is 0 Å². The van der Waals surface area contributed by atoms with Gasteiger partial charge in [0.2, 0.25) is 0 Å². The minimum Gasteiger partial charge on any atom is -0.497 e. The number of benzene rings is 1. The zero-order valence-corrected chi connectivity index (χ0v) is 12.2. The van der Waals surface area contributed by atoms with Crippen molar-refractivity contribution in [1.82, 2.24) is 5.32 Å². The molecule has 1 N–H and O–H groups in total. The number of carbonyl (C=O) groups is 1. The Morgan fingerprint density at radius 3 is 2.25 bits per heavy atom. The van der Waals surface area contributed by atoms with Crippen LogP contribution in [0.5, 0.6) is 11.5 Å². The second-order valence-corrected chi connectivity index (χ2v) is 6.90. The summed E-state index contributed by atoms with van der Waals surface area (Å²) in [6.07, 6.45) is 0.454. The van der Waals surface area contributed by atoms with Gasteiger partial charge in [0.05, 0.1) is 25.7 Å². The maximum Gasteiger partial charge on any atom is 0.251 e. The number of nitrogens with one attached hydrogen (secondary N) is 1. The van der Waals surface area contributed by atoms with E-state index in [1.54, 1.807) is 18.2 Å². The molecule has 7 heteroatoms. The molecule has 0 unspecified atom stereocenters. The summed E-state index contributed by atoms with van der Waals surface area (Å²) in [5, 5.41) is 2.72. The Morgan fingerprint density at radius 1 is 1.20 bits per heavy atom. The lowest BCUT2D eigenvalue weighted by Crippen LogP contribution is -2.35. The van der Waals surface area contributed by atoms with Crippen molar-refractivity contribution < 1.29 is 22.7 Å². The van der Waals surface area contributed by atoms with Gasteiger partial charge in [-0.15, -0.1) is 0 Å². The van der Waals surface area contributed by atoms with Crippen LogP contribution in [0, 0.1) is 0 Å². The predicted molar refractivity (Wildman–Crippen MR) is 74.1 cm³/mol. The lowest BCUT2D eigenvalue weighted by Gasteiger charge is -2.12. The van der Waals surface area contributed by atoms with Crippen molar-refractivity contribution >= 4 is 15.7 Å². The summed E-state index contributed by atoms with van der Waals surface area (Å²) < 4.78 is 32.9. The van der Waals surface area contributed by atoms with Crippen molar-refractivity contribution in [3.63, 3.8) is 0 Å². The lowest BCUT2D eigenvalue weighted by molar-refractivity contribution is 0.0940. The fraction of sp³-hybridized carbons (Fsp3) is 0.462. The number of hydrogen-bond acceptors (Lipinski definition) is 5. The molecular formula is C13H17NO5S. The molecule has 0 aliphatic carbocycles. The molecule has 1 atom stereocenters. The normalized spacial score (nSPS) is 20.4. The molecule has 0 saturated carbocycles. The Balaban J connectivity index is 2.13. The number of methoxy groups -OCH3 is 2. The van der Waals surface area contributed by atoms with Crippen LogP contribution >= 0.6 is 0 Å². The molecule has 1 aromatic rings. The fourth-order valence-corrected chi connectivity index (χ4v) is 3.79. The average molecular weight is 299 g/mol. The smallest absolute Gasteiger partial charge is 0.251 e. The second-order valence-electron chi connectivity index (χ2n) is 4.67. The van der Waals surface area contributed by atoms with E-state index in [4.69, 9.17) is 9.47 Å². The largest absolute Gasteiger partial charge is 0.497 e. The van der Waals surface area contributed by atoms with E-state index in [2.05, 4.69) is 5.32 Å². The van der Waals surface area contributed by atoms with Gasteiger partial charge in [-0.2, -0.15) is 0 Å². The van der Waals surface area contributed by atoms with Crippen molar-refractivity contribution in [2.24, 2.45) is 0 Å². The van der Waals surface area contributed by atoms with Crippen molar-refractivity contribution in [2.75, 3.05) is 25.7 Å². The Kier molecular flexibility index (Phi) is 4.17. The van der Waals surface area contributed by atoms with Gasteiger partial charge in [-0.25, -0.2) is 8.42 Å². The molecule has 0 aromatic heterocycles. The molecule has 0 radical (unpaired) electrons. The monoisotopic (exact) mass is 299 g/mol. The van der Waals surface area contributed by atoms with Gasteiger partial charge in [-0.3, -0.25) is 4.79 Å². The minimum atomic E-state index is -3.01. The third kappa shape index (κ3) is 3.41. The van der Waals surface area contributed by atoms with Gasteiger partial charge >= 0.3 is 0 Å². The summed E-state index contributed by atoms with van der Waals surface area (Å²) in [6.45, 7) is 0. The first-order valence-electron chi connectivity index (χ1n) is 6.18. The second kappa shape index (κ2) is 5.70. The van der Waals surface area contributed by atoms with E-state index in [-0.39, 0.29) is 23.5 Å². The zero-order chi connectivity index (χ0) is 14.8. The molecule has 1 aromatic carbocycles. The Bertz CT molecular complexity index is 589. The summed E-state index contributed by atoms with van der Waals surface area (Å²) in [5.74, 6) is 0.811. The molecule has 1 aliphatic heterocycles. The van der Waals surface area contributed by atoms with E-state index in [1.807, 2.05) is 0 Å². The van der Waals surface area contributed by atoms with Crippen LogP contribution in [0.1, 0.15) is 16.8 Å². The topological polar surface area (TPSA) is 81.7 Å². The molecule has 0 bridgehead atoms. The fourth-order valence-electron chi connectivity index (χ4n) is 2.12. The van der Waals surface area contributed by atoms with Gasteiger partial charge in [0, 0.05) is 17.7 Å². The molecule has 1 aliphatic rings. The van der Waals surface area contributed by atoms with Crippen molar-refractivity contribution in [1.29, 1.82) is 0 Å². The third-order valence-corrected chi connectivity index (χ3v) is 4.95. The van der Waals surface area contributed by atoms with Crippen molar-refractivity contribution in [2.45, 2.75) is 12.5 Å². The number of sulfone groups is 1. The first-order chi connectivity index (χ1) is 9.43. The molecule has 1 fully saturated rings. The summed E-state index contributed by atoms with van der Waals surface area (Å²) >= 11 is 0. The highest BCUT2D eigenvalue weighted by atomic mass is 32.2. The van der Waals surface area contributed by atoms with Gasteiger partial charge in [0.25, 0.3) is 5.91 Å². The summed E-state index contributed by atoms with van der Waals surface area (Å²) in [5.41, 5.74) is 0.380. The van der Waals surface area contributed by atoms with Crippen molar-refractivity contribution in [3.05, 3.63) is 23.8 Å². The highest BCUT2D eigenvalue weighted by Gasteiger charge is 2.29. The molecule has 2 rings (SSSR count). The zero-order valence-electron chi connectivity index (χ0n) is 11.4. The Morgan fingerprint density at radius 2 is 1.80 bits per heavy atom. The number of amides is 1. The van der Waals surface area contributed by atoms with Gasteiger partial charge in [0.1, 0.15) is 11.5 Å². The van der Waals surface area contributed by atoms with Crippen LogP contribution in [-0.4, -0.2) is 46.1 Å². The molecule has 20 heavy (non-hydrogen) atoms. The molecule has 1 saturated heterocycles. The predicted octanol–water partition coefficient (Wildman–Crippen LogP) is 0.621. The van der Waals surface area contributed by atoms with E-state index in [0.717, 1.165) is 0 Å². The molecule has 110 valence electrons. The number of hydrogen-bond donors (Lipinski definition) is 1. The average Bonchev–Trinajstić information content (AvgIpc) is 2.77. The van der Waals surface area contributed by atoms with Crippen LogP contribution in [0.2, 0.25) is 0 Å². The quantitative estimate of drug-likeness (QED) is 0.881. The Labute approximate surface area is 118 Å². The molecule has 6 nitrogen and oxygen atoms in total. The first kappa shape index (κ1) is 14.6. The van der Waals surface area contributed by atoms with Gasteiger partial charge in [-0.05, 0) is 18.6 Å². The number of ether oxygens (including phenoxy) is 2. The standard InChI is InChI=1S/C13H17NO5S/c1-18-11-5-9(6-12(7-11)19-2)13(15)14-10-3-4-20(16,17)8-10/h5-7,10H,3-4,8H2,1-2H3,(H,14,15)/t10-/m0/s1. The van der Waals surface area contributed by atoms with E-state index < -0.39 is 9.84 Å². The number of rotatable bonds is 4. The van der Waals surface area contributed by atoms with Gasteiger partial charge < -0.3 is 14.8 Å². The first-order valence-corrected chi connectivity index (χ1v) is 8.00. The molecule has 1 heterocycles. The molecule has 0 spiro atoms. The number of carbonyl (C=O) groups excluding carboxylic acids is 1. The van der Waals surface area contributed by atoms with Crippen LogP contribution in [-0.2, 0) is 9.84 Å². The maximum absolute atomic E-state index is 12.1. The SMILES string of the molecule is COc1cc(OC)cc(C(=O)N[C@H]2CCS(=O)(=O)C2)c1. The van der Waals surface area contributed by atoms with Crippen LogP contribution in [0.3, 0.4) is 0 Å².